The molecule has 1 aliphatic rings. The van der Waals surface area contributed by atoms with Gasteiger partial charge in [-0.25, -0.2) is 9.37 Å². The quantitative estimate of drug-likeness (QED) is 0.536. The Morgan fingerprint density at radius 1 is 1.21 bits per heavy atom. The number of ether oxygens (including phenoxy) is 1. The van der Waals surface area contributed by atoms with Crippen LogP contribution in [0.5, 0.6) is 5.75 Å². The summed E-state index contributed by atoms with van der Waals surface area (Å²) in [6.45, 7) is 0.235. The van der Waals surface area contributed by atoms with Crippen LogP contribution in [-0.2, 0) is 6.61 Å². The first-order valence-electron chi connectivity index (χ1n) is 8.62. The molecule has 0 unspecified atom stereocenters. The van der Waals surface area contributed by atoms with Gasteiger partial charge in [-0.05, 0) is 42.7 Å². The third-order valence-corrected chi connectivity index (χ3v) is 5.82. The molecule has 0 radical (unpaired) electrons. The molecule has 1 saturated carbocycles. The van der Waals surface area contributed by atoms with E-state index in [1.807, 2.05) is 0 Å². The molecule has 4 nitrogen and oxygen atoms in total. The van der Waals surface area contributed by atoms with Gasteiger partial charge in [-0.3, -0.25) is 4.79 Å². The summed E-state index contributed by atoms with van der Waals surface area (Å²) in [5, 5.41) is 5.87. The highest BCUT2D eigenvalue weighted by molar-refractivity contribution is 7.13. The lowest BCUT2D eigenvalue weighted by Gasteiger charge is -2.08. The van der Waals surface area contributed by atoms with E-state index in [2.05, 4.69) is 10.3 Å². The Bertz CT molecular complexity index is 1040. The summed E-state index contributed by atoms with van der Waals surface area (Å²) >= 11 is 13.1. The van der Waals surface area contributed by atoms with Gasteiger partial charge in [0.2, 0.25) is 0 Å². The number of carbonyl (C=O) groups excluding carboxylic acids is 1. The predicted octanol–water partition coefficient (Wildman–Crippen LogP) is 5.73. The number of aromatic nitrogens is 1. The maximum absolute atomic E-state index is 14.6. The third kappa shape index (κ3) is 4.46. The van der Waals surface area contributed by atoms with Crippen LogP contribution < -0.4 is 10.1 Å². The van der Waals surface area contributed by atoms with Crippen molar-refractivity contribution in [2.24, 2.45) is 0 Å². The number of halogens is 3. The Labute approximate surface area is 175 Å². The van der Waals surface area contributed by atoms with Crippen LogP contribution >= 0.6 is 34.5 Å². The number of thiazole rings is 1. The largest absolute Gasteiger partial charge is 0.489 e. The van der Waals surface area contributed by atoms with Gasteiger partial charge in [0.25, 0.3) is 5.91 Å². The van der Waals surface area contributed by atoms with E-state index >= 15 is 0 Å². The molecule has 0 bridgehead atoms. The molecule has 1 fully saturated rings. The van der Waals surface area contributed by atoms with Gasteiger partial charge < -0.3 is 10.1 Å². The first-order chi connectivity index (χ1) is 13.5. The van der Waals surface area contributed by atoms with Crippen molar-refractivity contribution in [3.8, 4) is 16.3 Å². The number of rotatable bonds is 6. The van der Waals surface area contributed by atoms with Crippen molar-refractivity contribution >= 4 is 40.4 Å². The molecule has 1 N–H and O–H groups in total. The van der Waals surface area contributed by atoms with Crippen molar-refractivity contribution in [3.63, 3.8) is 0 Å². The van der Waals surface area contributed by atoms with E-state index in [-0.39, 0.29) is 18.6 Å². The van der Waals surface area contributed by atoms with Gasteiger partial charge in [-0.15, -0.1) is 11.3 Å². The van der Waals surface area contributed by atoms with Crippen LogP contribution in [-0.4, -0.2) is 16.9 Å². The minimum Gasteiger partial charge on any atom is -0.489 e. The molecular weight excluding hydrogens is 422 g/mol. The summed E-state index contributed by atoms with van der Waals surface area (Å²) in [4.78, 5) is 16.3. The molecule has 28 heavy (non-hydrogen) atoms. The van der Waals surface area contributed by atoms with Gasteiger partial charge in [0, 0.05) is 23.1 Å². The molecule has 1 amide bonds. The molecule has 0 aliphatic heterocycles. The maximum Gasteiger partial charge on any atom is 0.270 e. The maximum atomic E-state index is 14.6. The Hall–Kier alpha value is -2.15. The van der Waals surface area contributed by atoms with Gasteiger partial charge in [-0.2, -0.15) is 0 Å². The normalized spacial score (nSPS) is 13.4. The summed E-state index contributed by atoms with van der Waals surface area (Å²) in [5.74, 6) is -0.294. The van der Waals surface area contributed by atoms with Crippen molar-refractivity contribution in [1.82, 2.24) is 10.3 Å². The van der Waals surface area contributed by atoms with E-state index in [0.717, 1.165) is 18.4 Å². The Kier molecular flexibility index (Phi) is 5.53. The summed E-state index contributed by atoms with van der Waals surface area (Å²) < 4.78 is 20.2. The number of carbonyl (C=O) groups is 1. The smallest absolute Gasteiger partial charge is 0.270 e. The average molecular weight is 437 g/mol. The topological polar surface area (TPSA) is 51.2 Å². The zero-order valence-corrected chi connectivity index (χ0v) is 16.9. The van der Waals surface area contributed by atoms with Crippen LogP contribution in [0.3, 0.4) is 0 Å². The summed E-state index contributed by atoms with van der Waals surface area (Å²) in [7, 11) is 0. The summed E-state index contributed by atoms with van der Waals surface area (Å²) in [6, 6.07) is 10.0. The first-order valence-corrected chi connectivity index (χ1v) is 10.3. The molecule has 0 saturated heterocycles. The number of benzene rings is 2. The van der Waals surface area contributed by atoms with Crippen LogP contribution in [0.4, 0.5) is 4.39 Å². The molecule has 1 aliphatic carbocycles. The predicted molar refractivity (Wildman–Crippen MR) is 109 cm³/mol. The second kappa shape index (κ2) is 8.07. The fourth-order valence-electron chi connectivity index (χ4n) is 2.54. The van der Waals surface area contributed by atoms with E-state index in [9.17, 15) is 9.18 Å². The molecule has 1 aromatic heterocycles. The molecule has 144 valence electrons. The highest BCUT2D eigenvalue weighted by Gasteiger charge is 2.25. The Morgan fingerprint density at radius 2 is 2.04 bits per heavy atom. The molecule has 4 rings (SSSR count). The van der Waals surface area contributed by atoms with E-state index in [0.29, 0.717) is 32.1 Å². The molecule has 1 heterocycles. The first kappa shape index (κ1) is 19.2. The second-order valence-electron chi connectivity index (χ2n) is 6.46. The van der Waals surface area contributed by atoms with Crippen molar-refractivity contribution < 1.29 is 13.9 Å². The average Bonchev–Trinajstić information content (AvgIpc) is 3.35. The zero-order chi connectivity index (χ0) is 19.7. The van der Waals surface area contributed by atoms with Crippen LogP contribution in [0.25, 0.3) is 10.6 Å². The van der Waals surface area contributed by atoms with Gasteiger partial charge in [-0.1, -0.05) is 29.3 Å². The van der Waals surface area contributed by atoms with Crippen LogP contribution in [0.15, 0.2) is 41.8 Å². The monoisotopic (exact) mass is 436 g/mol. The summed E-state index contributed by atoms with van der Waals surface area (Å²) in [5.41, 5.74) is 1.47. The molecular formula is C20H15Cl2FN2O2S. The standard InChI is InChI=1S/C20H15Cl2FN2O2S/c21-15-6-1-11(7-16(15)22)9-27-13-4-5-14(17(23)8-13)20-25-18(10-28-20)19(26)24-12-2-3-12/h1,4-8,10,12H,2-3,9H2,(H,24,26). The molecule has 2 aromatic carbocycles. The third-order valence-electron chi connectivity index (χ3n) is 4.21. The Balaban J connectivity index is 1.44. The number of nitrogens with zero attached hydrogens (tertiary/aromatic N) is 1. The highest BCUT2D eigenvalue weighted by atomic mass is 35.5. The van der Waals surface area contributed by atoms with E-state index in [1.54, 1.807) is 35.7 Å². The van der Waals surface area contributed by atoms with E-state index in [4.69, 9.17) is 27.9 Å². The van der Waals surface area contributed by atoms with Crippen LogP contribution in [0, 0.1) is 5.82 Å². The SMILES string of the molecule is O=C(NC1CC1)c1csc(-c2ccc(OCc3ccc(Cl)c(Cl)c3)cc2F)n1. The number of hydrogen-bond donors (Lipinski definition) is 1. The van der Waals surface area contributed by atoms with E-state index in [1.165, 1.54) is 17.4 Å². The second-order valence-corrected chi connectivity index (χ2v) is 8.14. The molecule has 0 atom stereocenters. The summed E-state index contributed by atoms with van der Waals surface area (Å²) in [6.07, 6.45) is 2.00. The van der Waals surface area contributed by atoms with Crippen molar-refractivity contribution in [2.75, 3.05) is 0 Å². The minimum atomic E-state index is -0.463. The molecule has 8 heteroatoms. The van der Waals surface area contributed by atoms with Gasteiger partial charge >= 0.3 is 0 Å². The lowest BCUT2D eigenvalue weighted by molar-refractivity contribution is 0.0947. The van der Waals surface area contributed by atoms with Gasteiger partial charge in [0.15, 0.2) is 0 Å². The van der Waals surface area contributed by atoms with Crippen molar-refractivity contribution in [3.05, 3.63) is 68.9 Å². The van der Waals surface area contributed by atoms with Crippen molar-refractivity contribution in [1.29, 1.82) is 0 Å². The van der Waals surface area contributed by atoms with Crippen LogP contribution in [0.2, 0.25) is 10.0 Å². The van der Waals surface area contributed by atoms with Crippen LogP contribution in [0.1, 0.15) is 28.9 Å². The molecule has 0 spiro atoms. The van der Waals surface area contributed by atoms with Gasteiger partial charge in [0.1, 0.15) is 28.9 Å². The van der Waals surface area contributed by atoms with Gasteiger partial charge in [0.05, 0.1) is 10.0 Å². The number of amides is 1. The lowest BCUT2D eigenvalue weighted by Crippen LogP contribution is -2.25. The van der Waals surface area contributed by atoms with E-state index < -0.39 is 5.82 Å². The number of hydrogen-bond acceptors (Lipinski definition) is 4. The fourth-order valence-corrected chi connectivity index (χ4v) is 3.69. The fraction of sp³-hybridized carbons (Fsp3) is 0.200. The number of nitrogens with one attached hydrogen (secondary N) is 1. The van der Waals surface area contributed by atoms with Crippen molar-refractivity contribution in [2.45, 2.75) is 25.5 Å². The lowest BCUT2D eigenvalue weighted by atomic mass is 10.2. The zero-order valence-electron chi connectivity index (χ0n) is 14.5. The minimum absolute atomic E-state index is 0.216. The Morgan fingerprint density at radius 3 is 2.75 bits per heavy atom. The highest BCUT2D eigenvalue weighted by Crippen LogP contribution is 2.30. The molecule has 3 aromatic rings.